The molecule has 0 saturated heterocycles. The van der Waals surface area contributed by atoms with E-state index in [1.165, 1.54) is 35.2 Å². The number of aliphatic hydroxyl groups is 1. The summed E-state index contributed by atoms with van der Waals surface area (Å²) in [6.45, 7) is 9.11. The van der Waals surface area contributed by atoms with E-state index < -0.39 is 50.8 Å². The fourth-order valence-electron chi connectivity index (χ4n) is 4.18. The van der Waals surface area contributed by atoms with E-state index in [0.29, 0.717) is 18.1 Å². The number of anilines is 1. The minimum atomic E-state index is -4.90. The van der Waals surface area contributed by atoms with Crippen LogP contribution in [-0.4, -0.2) is 48.0 Å². The molecule has 0 aliphatic carbocycles. The van der Waals surface area contributed by atoms with Gasteiger partial charge in [-0.2, -0.15) is 13.2 Å². The van der Waals surface area contributed by atoms with E-state index in [9.17, 15) is 36.3 Å². The van der Waals surface area contributed by atoms with Crippen molar-refractivity contribution in [3.05, 3.63) is 59.2 Å². The van der Waals surface area contributed by atoms with Crippen LogP contribution in [0.4, 0.5) is 23.7 Å². The summed E-state index contributed by atoms with van der Waals surface area (Å²) in [7, 11) is -3.60. The van der Waals surface area contributed by atoms with Crippen molar-refractivity contribution in [3.8, 4) is 0 Å². The Hall–Kier alpha value is -3.12. The predicted molar refractivity (Wildman–Crippen MR) is 139 cm³/mol. The summed E-state index contributed by atoms with van der Waals surface area (Å²) in [5.74, 6) is -0.845. The van der Waals surface area contributed by atoms with Gasteiger partial charge in [0, 0.05) is 5.69 Å². The van der Waals surface area contributed by atoms with Gasteiger partial charge < -0.3 is 15.2 Å². The first kappa shape index (κ1) is 30.4. The van der Waals surface area contributed by atoms with Gasteiger partial charge in [0.1, 0.15) is 11.6 Å². The number of ether oxygens (including phenoxy) is 1. The standard InChI is InChI=1S/C27H33F3N2O6S/c1-16(2)15-39(36,37)20-11-12-21-17(13-20)14-32(24(34)38-25(3,4)5)22(21)23(33)31-19-9-7-18(8-10-19)26(6,35)27(28,29)30/h7-13,16,22,35H,14-15H2,1-6H3,(H,31,33). The molecule has 39 heavy (non-hydrogen) atoms. The highest BCUT2D eigenvalue weighted by Gasteiger charge is 2.51. The summed E-state index contributed by atoms with van der Waals surface area (Å²) in [5, 5.41) is 12.5. The SMILES string of the molecule is CC(C)CS(=O)(=O)c1ccc2c(c1)CN(C(=O)OC(C)(C)C)C2C(=O)Nc1ccc(C(C)(O)C(F)(F)F)cc1. The Kier molecular flexibility index (Phi) is 8.16. The van der Waals surface area contributed by atoms with Gasteiger partial charge in [0.15, 0.2) is 15.4 Å². The molecule has 214 valence electrons. The zero-order valence-corrected chi connectivity index (χ0v) is 23.4. The van der Waals surface area contributed by atoms with Gasteiger partial charge in [-0.15, -0.1) is 0 Å². The van der Waals surface area contributed by atoms with E-state index in [4.69, 9.17) is 4.74 Å². The molecule has 12 heteroatoms. The molecule has 0 bridgehead atoms. The molecule has 1 heterocycles. The molecule has 0 radical (unpaired) electrons. The highest BCUT2D eigenvalue weighted by Crippen LogP contribution is 2.40. The largest absolute Gasteiger partial charge is 0.444 e. The molecular formula is C27H33F3N2O6S. The van der Waals surface area contributed by atoms with Gasteiger partial charge in [0.25, 0.3) is 5.91 Å². The number of hydrogen-bond acceptors (Lipinski definition) is 6. The molecule has 2 aromatic rings. The quantitative estimate of drug-likeness (QED) is 0.486. The highest BCUT2D eigenvalue weighted by molar-refractivity contribution is 7.91. The van der Waals surface area contributed by atoms with E-state index in [1.54, 1.807) is 34.6 Å². The maximum Gasteiger partial charge on any atom is 0.421 e. The summed E-state index contributed by atoms with van der Waals surface area (Å²) in [6, 6.07) is 7.66. The molecule has 2 N–H and O–H groups in total. The van der Waals surface area contributed by atoms with Crippen LogP contribution >= 0.6 is 0 Å². The van der Waals surface area contributed by atoms with Crippen molar-refractivity contribution in [2.24, 2.45) is 5.92 Å². The Morgan fingerprint density at radius 1 is 1.08 bits per heavy atom. The smallest absolute Gasteiger partial charge is 0.421 e. The van der Waals surface area contributed by atoms with Crippen molar-refractivity contribution in [2.75, 3.05) is 11.1 Å². The molecule has 0 fully saturated rings. The van der Waals surface area contributed by atoms with Crippen LogP contribution in [0.15, 0.2) is 47.4 Å². The van der Waals surface area contributed by atoms with Gasteiger partial charge in [-0.25, -0.2) is 13.2 Å². The average molecular weight is 571 g/mol. The molecule has 2 atom stereocenters. The first-order valence-corrected chi connectivity index (χ1v) is 13.9. The molecule has 0 saturated carbocycles. The van der Waals surface area contributed by atoms with Crippen molar-refractivity contribution in [2.45, 2.75) is 76.4 Å². The molecule has 2 unspecified atom stereocenters. The number of carbonyl (C=O) groups excluding carboxylic acids is 2. The summed E-state index contributed by atoms with van der Waals surface area (Å²) in [4.78, 5) is 27.7. The Balaban J connectivity index is 1.95. The van der Waals surface area contributed by atoms with Crippen LogP contribution in [0.1, 0.15) is 64.3 Å². The molecule has 3 rings (SSSR count). The van der Waals surface area contributed by atoms with E-state index in [0.717, 1.165) is 12.1 Å². The third-order valence-electron chi connectivity index (χ3n) is 6.12. The van der Waals surface area contributed by atoms with Crippen molar-refractivity contribution in [3.63, 3.8) is 0 Å². The second-order valence-corrected chi connectivity index (χ2v) is 13.2. The number of fused-ring (bicyclic) bond motifs is 1. The predicted octanol–water partition coefficient (Wildman–Crippen LogP) is 5.32. The van der Waals surface area contributed by atoms with Crippen molar-refractivity contribution >= 4 is 27.5 Å². The number of nitrogens with one attached hydrogen (secondary N) is 1. The van der Waals surface area contributed by atoms with Gasteiger partial charge in [-0.1, -0.05) is 32.0 Å². The van der Waals surface area contributed by atoms with Crippen LogP contribution in [0.3, 0.4) is 0 Å². The third kappa shape index (κ3) is 6.73. The summed E-state index contributed by atoms with van der Waals surface area (Å²) in [6.07, 6.45) is -5.69. The van der Waals surface area contributed by atoms with E-state index in [2.05, 4.69) is 5.32 Å². The molecule has 2 amide bonds. The zero-order valence-electron chi connectivity index (χ0n) is 22.6. The molecule has 0 aromatic heterocycles. The molecule has 1 aliphatic heterocycles. The van der Waals surface area contributed by atoms with Gasteiger partial charge in [0.05, 0.1) is 17.2 Å². The van der Waals surface area contributed by atoms with Crippen LogP contribution < -0.4 is 5.32 Å². The summed E-state index contributed by atoms with van der Waals surface area (Å²) in [5.41, 5.74) is -3.37. The molecule has 8 nitrogen and oxygen atoms in total. The number of rotatable bonds is 6. The fraction of sp³-hybridized carbons (Fsp3) is 0.481. The molecule has 1 aliphatic rings. The minimum Gasteiger partial charge on any atom is -0.444 e. The third-order valence-corrected chi connectivity index (χ3v) is 8.19. The topological polar surface area (TPSA) is 113 Å². The first-order valence-electron chi connectivity index (χ1n) is 12.3. The Labute approximate surface area is 226 Å². The van der Waals surface area contributed by atoms with Crippen LogP contribution in [0.5, 0.6) is 0 Å². The maximum absolute atomic E-state index is 13.4. The number of halogens is 3. The summed E-state index contributed by atoms with van der Waals surface area (Å²) < 4.78 is 70.6. The van der Waals surface area contributed by atoms with E-state index in [1.807, 2.05) is 0 Å². The maximum atomic E-state index is 13.4. The zero-order chi connectivity index (χ0) is 29.6. The number of amides is 2. The van der Waals surface area contributed by atoms with E-state index >= 15 is 0 Å². The minimum absolute atomic E-state index is 0.0668. The van der Waals surface area contributed by atoms with Gasteiger partial charge in [-0.05, 0) is 74.6 Å². The number of sulfone groups is 1. The number of benzene rings is 2. The lowest BCUT2D eigenvalue weighted by molar-refractivity contribution is -0.258. The van der Waals surface area contributed by atoms with E-state index in [-0.39, 0.29) is 28.8 Å². The Morgan fingerprint density at radius 2 is 1.67 bits per heavy atom. The first-order chi connectivity index (χ1) is 17.7. The monoisotopic (exact) mass is 570 g/mol. The van der Waals surface area contributed by atoms with Crippen LogP contribution in [-0.2, 0) is 31.5 Å². The van der Waals surface area contributed by atoms with Crippen molar-refractivity contribution in [1.29, 1.82) is 0 Å². The second-order valence-electron chi connectivity index (χ2n) is 11.2. The van der Waals surface area contributed by atoms with Crippen molar-refractivity contribution < 1.29 is 41.0 Å². The Bertz CT molecular complexity index is 1350. The molecular weight excluding hydrogens is 537 g/mol. The van der Waals surface area contributed by atoms with Gasteiger partial charge >= 0.3 is 12.3 Å². The van der Waals surface area contributed by atoms with Crippen LogP contribution in [0.2, 0.25) is 0 Å². The normalized spacial score (nSPS) is 17.5. The fourth-order valence-corrected chi connectivity index (χ4v) is 5.85. The number of nitrogens with zero attached hydrogens (tertiary/aromatic N) is 1. The Morgan fingerprint density at radius 3 is 2.18 bits per heavy atom. The van der Waals surface area contributed by atoms with Gasteiger partial charge in [-0.3, -0.25) is 9.69 Å². The number of carbonyl (C=O) groups is 2. The van der Waals surface area contributed by atoms with Crippen LogP contribution in [0, 0.1) is 5.92 Å². The lowest BCUT2D eigenvalue weighted by Gasteiger charge is -2.28. The average Bonchev–Trinajstić information content (AvgIpc) is 3.16. The lowest BCUT2D eigenvalue weighted by Crippen LogP contribution is -2.40. The highest BCUT2D eigenvalue weighted by atomic mass is 32.2. The second kappa shape index (κ2) is 10.5. The number of alkyl halides is 3. The van der Waals surface area contributed by atoms with Crippen LogP contribution in [0.25, 0.3) is 0 Å². The van der Waals surface area contributed by atoms with Gasteiger partial charge in [0.2, 0.25) is 0 Å². The molecule has 0 spiro atoms. The molecule has 2 aromatic carbocycles. The number of hydrogen-bond donors (Lipinski definition) is 2. The summed E-state index contributed by atoms with van der Waals surface area (Å²) >= 11 is 0. The van der Waals surface area contributed by atoms with Crippen molar-refractivity contribution in [1.82, 2.24) is 4.90 Å². The lowest BCUT2D eigenvalue weighted by atomic mass is 9.95.